The van der Waals surface area contributed by atoms with Gasteiger partial charge in [-0.2, -0.15) is 0 Å². The fourth-order valence-corrected chi connectivity index (χ4v) is 3.83. The van der Waals surface area contributed by atoms with Crippen molar-refractivity contribution in [3.63, 3.8) is 0 Å². The van der Waals surface area contributed by atoms with Crippen LogP contribution in [0.3, 0.4) is 0 Å². The van der Waals surface area contributed by atoms with Crippen molar-refractivity contribution in [2.75, 3.05) is 45.3 Å². The third-order valence-electron chi connectivity index (χ3n) is 5.68. The molecule has 30 heavy (non-hydrogen) atoms. The Morgan fingerprint density at radius 3 is 2.57 bits per heavy atom. The number of carbonyl (C=O) groups excluding carboxylic acids is 2. The van der Waals surface area contributed by atoms with Gasteiger partial charge < -0.3 is 29.9 Å². The van der Waals surface area contributed by atoms with Gasteiger partial charge in [0, 0.05) is 30.8 Å². The number of nitrogens with zero attached hydrogens (tertiary/aromatic N) is 1. The molecule has 3 amide bonds. The quantitative estimate of drug-likeness (QED) is 0.501. The minimum atomic E-state index is -0.224. The minimum absolute atomic E-state index is 0.0252. The molecule has 8 heteroatoms. The standard InChI is InChI=1S/C22H36N4O4/c1-6-25(7-2)12-8-9-16(3)23-22(28)24-17-13-21(27)26(15-17)18-10-11-19(29-4)20(14-18)30-5/h10-11,14,16-17H,6-9,12-13,15H2,1-5H3,(H2,23,24,28)/p+1/t16-,17+/m0/s1. The molecule has 1 saturated heterocycles. The zero-order chi connectivity index (χ0) is 22.1. The number of nitrogens with one attached hydrogen (secondary N) is 3. The average molecular weight is 422 g/mol. The second-order valence-corrected chi connectivity index (χ2v) is 7.81. The van der Waals surface area contributed by atoms with Crippen LogP contribution in [0.5, 0.6) is 11.5 Å². The van der Waals surface area contributed by atoms with Crippen LogP contribution in [0.1, 0.15) is 40.0 Å². The van der Waals surface area contributed by atoms with Crippen molar-refractivity contribution in [1.82, 2.24) is 10.6 Å². The van der Waals surface area contributed by atoms with Crippen molar-refractivity contribution in [2.24, 2.45) is 0 Å². The van der Waals surface area contributed by atoms with E-state index in [0.29, 0.717) is 18.0 Å². The molecule has 0 unspecified atom stereocenters. The molecular formula is C22H37N4O4+. The Labute approximate surface area is 179 Å². The lowest BCUT2D eigenvalue weighted by molar-refractivity contribution is -0.896. The molecule has 8 nitrogen and oxygen atoms in total. The number of urea groups is 1. The van der Waals surface area contributed by atoms with Gasteiger partial charge in [0.05, 0.1) is 39.9 Å². The molecule has 0 aliphatic carbocycles. The molecule has 1 fully saturated rings. The maximum atomic E-state index is 12.5. The van der Waals surface area contributed by atoms with Crippen LogP contribution in [0.2, 0.25) is 0 Å². The maximum Gasteiger partial charge on any atom is 0.315 e. The first-order valence-electron chi connectivity index (χ1n) is 10.8. The molecule has 1 aliphatic heterocycles. The molecule has 3 N–H and O–H groups in total. The van der Waals surface area contributed by atoms with E-state index in [-0.39, 0.29) is 30.4 Å². The van der Waals surface area contributed by atoms with Crippen LogP contribution >= 0.6 is 0 Å². The second kappa shape index (κ2) is 11.6. The molecule has 0 radical (unpaired) electrons. The van der Waals surface area contributed by atoms with Gasteiger partial charge in [-0.3, -0.25) is 4.79 Å². The van der Waals surface area contributed by atoms with Gasteiger partial charge in [0.15, 0.2) is 11.5 Å². The molecule has 0 saturated carbocycles. The molecule has 1 heterocycles. The van der Waals surface area contributed by atoms with Gasteiger partial charge in [-0.05, 0) is 45.7 Å². The summed E-state index contributed by atoms with van der Waals surface area (Å²) in [4.78, 5) is 28.1. The Balaban J connectivity index is 1.83. The number of rotatable bonds is 11. The molecule has 0 spiro atoms. The first kappa shape index (κ1) is 23.8. The number of quaternary nitrogens is 1. The third-order valence-corrected chi connectivity index (χ3v) is 5.68. The van der Waals surface area contributed by atoms with Gasteiger partial charge in [-0.25, -0.2) is 4.79 Å². The first-order chi connectivity index (χ1) is 14.4. The normalized spacial score (nSPS) is 17.2. The van der Waals surface area contributed by atoms with E-state index in [1.54, 1.807) is 36.2 Å². The number of ether oxygens (including phenoxy) is 2. The van der Waals surface area contributed by atoms with Crippen LogP contribution in [0.25, 0.3) is 0 Å². The largest absolute Gasteiger partial charge is 0.493 e. The van der Waals surface area contributed by atoms with E-state index < -0.39 is 0 Å². The van der Waals surface area contributed by atoms with Gasteiger partial charge in [-0.15, -0.1) is 0 Å². The van der Waals surface area contributed by atoms with E-state index >= 15 is 0 Å². The van der Waals surface area contributed by atoms with Crippen molar-refractivity contribution in [1.29, 1.82) is 0 Å². The summed E-state index contributed by atoms with van der Waals surface area (Å²) in [6, 6.07) is 5.03. The van der Waals surface area contributed by atoms with Gasteiger partial charge in [0.1, 0.15) is 0 Å². The van der Waals surface area contributed by atoms with Gasteiger partial charge in [0.2, 0.25) is 5.91 Å². The third kappa shape index (κ3) is 6.52. The van der Waals surface area contributed by atoms with E-state index in [0.717, 1.165) is 38.2 Å². The Bertz CT molecular complexity index is 708. The second-order valence-electron chi connectivity index (χ2n) is 7.81. The van der Waals surface area contributed by atoms with Gasteiger partial charge in [0.25, 0.3) is 0 Å². The highest BCUT2D eigenvalue weighted by Crippen LogP contribution is 2.33. The number of hydrogen-bond donors (Lipinski definition) is 3. The van der Waals surface area contributed by atoms with Crippen LogP contribution in [0, 0.1) is 0 Å². The SMILES string of the molecule is CC[NH+](CC)CCC[C@H](C)NC(=O)N[C@@H]1CC(=O)N(c2ccc(OC)c(OC)c2)C1. The molecule has 1 aromatic rings. The molecule has 2 rings (SSSR count). The van der Waals surface area contributed by atoms with Crippen molar-refractivity contribution in [2.45, 2.75) is 52.1 Å². The van der Waals surface area contributed by atoms with Crippen molar-refractivity contribution < 1.29 is 24.0 Å². The zero-order valence-corrected chi connectivity index (χ0v) is 18.9. The highest BCUT2D eigenvalue weighted by Gasteiger charge is 2.32. The fourth-order valence-electron chi connectivity index (χ4n) is 3.83. The van der Waals surface area contributed by atoms with E-state index in [9.17, 15) is 9.59 Å². The van der Waals surface area contributed by atoms with Crippen LogP contribution in [-0.4, -0.2) is 64.4 Å². The first-order valence-corrected chi connectivity index (χ1v) is 10.8. The lowest BCUT2D eigenvalue weighted by atomic mass is 10.2. The van der Waals surface area contributed by atoms with Crippen molar-refractivity contribution in [3.8, 4) is 11.5 Å². The predicted molar refractivity (Wildman–Crippen MR) is 118 cm³/mol. The highest BCUT2D eigenvalue weighted by molar-refractivity contribution is 5.97. The van der Waals surface area contributed by atoms with E-state index in [1.807, 2.05) is 13.0 Å². The lowest BCUT2D eigenvalue weighted by Gasteiger charge is -2.20. The lowest BCUT2D eigenvalue weighted by Crippen LogP contribution is -3.11. The Morgan fingerprint density at radius 2 is 1.93 bits per heavy atom. The topological polar surface area (TPSA) is 84.3 Å². The van der Waals surface area contributed by atoms with E-state index in [1.165, 1.54) is 0 Å². The Morgan fingerprint density at radius 1 is 1.23 bits per heavy atom. The van der Waals surface area contributed by atoms with Crippen LogP contribution in [-0.2, 0) is 4.79 Å². The summed E-state index contributed by atoms with van der Waals surface area (Å²) >= 11 is 0. The van der Waals surface area contributed by atoms with Crippen molar-refractivity contribution >= 4 is 17.6 Å². The Hall–Kier alpha value is -2.48. The number of amides is 3. The fraction of sp³-hybridized carbons (Fsp3) is 0.636. The maximum absolute atomic E-state index is 12.5. The summed E-state index contributed by atoms with van der Waals surface area (Å²) in [5, 5.41) is 5.93. The predicted octanol–water partition coefficient (Wildman–Crippen LogP) is 1.20. The molecule has 0 aromatic heterocycles. The number of hydrogen-bond acceptors (Lipinski definition) is 4. The summed E-state index contributed by atoms with van der Waals surface area (Å²) in [7, 11) is 3.13. The monoisotopic (exact) mass is 421 g/mol. The van der Waals surface area contributed by atoms with Crippen molar-refractivity contribution in [3.05, 3.63) is 18.2 Å². The number of carbonyl (C=O) groups is 2. The minimum Gasteiger partial charge on any atom is -0.493 e. The molecule has 2 atom stereocenters. The van der Waals surface area contributed by atoms with Gasteiger partial charge >= 0.3 is 6.03 Å². The number of anilines is 1. The van der Waals surface area contributed by atoms with Gasteiger partial charge in [-0.1, -0.05) is 0 Å². The average Bonchev–Trinajstić information content (AvgIpc) is 3.10. The number of methoxy groups -OCH3 is 2. The molecule has 0 bridgehead atoms. The molecule has 168 valence electrons. The zero-order valence-electron chi connectivity index (χ0n) is 18.9. The van der Waals surface area contributed by atoms with E-state index in [2.05, 4.69) is 24.5 Å². The summed E-state index contributed by atoms with van der Waals surface area (Å²) in [5.41, 5.74) is 0.731. The molecule has 1 aliphatic rings. The summed E-state index contributed by atoms with van der Waals surface area (Å²) < 4.78 is 10.6. The van der Waals surface area contributed by atoms with E-state index in [4.69, 9.17) is 9.47 Å². The summed E-state index contributed by atoms with van der Waals surface area (Å²) in [5.74, 6) is 1.15. The van der Waals surface area contributed by atoms with Crippen LogP contribution < -0.4 is 29.9 Å². The molecule has 1 aromatic carbocycles. The summed E-state index contributed by atoms with van der Waals surface area (Å²) in [6.45, 7) is 10.2. The molecular weight excluding hydrogens is 384 g/mol. The Kier molecular flexibility index (Phi) is 9.23. The smallest absolute Gasteiger partial charge is 0.315 e. The highest BCUT2D eigenvalue weighted by atomic mass is 16.5. The summed E-state index contributed by atoms with van der Waals surface area (Å²) in [6.07, 6.45) is 2.30. The van der Waals surface area contributed by atoms with Crippen LogP contribution in [0.4, 0.5) is 10.5 Å². The van der Waals surface area contributed by atoms with Crippen LogP contribution in [0.15, 0.2) is 18.2 Å². The number of benzene rings is 1.